The molecule has 1 radical (unpaired) electrons. The normalized spacial score (nSPS) is 10.2. The summed E-state index contributed by atoms with van der Waals surface area (Å²) in [5.41, 5.74) is 8.74. The maximum absolute atomic E-state index is 5.76. The maximum Gasteiger partial charge on any atom is 0.129 e. The van der Waals surface area contributed by atoms with Crippen LogP contribution in [0.3, 0.4) is 0 Å². The first-order valence-electron chi connectivity index (χ1n) is 6.41. The number of nitrogen functional groups attached to an aromatic ring is 1. The van der Waals surface area contributed by atoms with Crippen molar-refractivity contribution >= 4 is 5.69 Å². The molecule has 0 heterocycles. The van der Waals surface area contributed by atoms with Crippen molar-refractivity contribution in [2.75, 3.05) is 5.73 Å². The van der Waals surface area contributed by atoms with Crippen LogP contribution in [0.4, 0.5) is 5.69 Å². The summed E-state index contributed by atoms with van der Waals surface area (Å²) in [6, 6.07) is 26.3. The van der Waals surface area contributed by atoms with Gasteiger partial charge in [-0.2, -0.15) is 0 Å². The smallest absolute Gasteiger partial charge is 0.129 e. The molecule has 20 heavy (non-hydrogen) atoms. The van der Waals surface area contributed by atoms with Gasteiger partial charge in [0.25, 0.3) is 0 Å². The fourth-order valence-electron chi connectivity index (χ4n) is 2.01. The van der Waals surface area contributed by atoms with E-state index in [2.05, 4.69) is 6.07 Å². The summed E-state index contributed by atoms with van der Waals surface area (Å²) in [5.74, 6) is 1.54. The zero-order valence-electron chi connectivity index (χ0n) is 10.9. The van der Waals surface area contributed by atoms with Crippen LogP contribution < -0.4 is 10.5 Å². The van der Waals surface area contributed by atoms with E-state index in [1.807, 2.05) is 66.7 Å². The Balaban J connectivity index is 1.80. The molecule has 3 aromatic rings. The van der Waals surface area contributed by atoms with E-state index in [1.54, 1.807) is 6.07 Å². The first kappa shape index (κ1) is 12.3. The van der Waals surface area contributed by atoms with Crippen LogP contribution in [0.5, 0.6) is 11.5 Å². The van der Waals surface area contributed by atoms with Crippen LogP contribution in [0.15, 0.2) is 72.8 Å². The van der Waals surface area contributed by atoms with E-state index in [9.17, 15) is 0 Å². The molecule has 0 unspecified atom stereocenters. The van der Waals surface area contributed by atoms with Gasteiger partial charge in [-0.05, 0) is 41.5 Å². The topological polar surface area (TPSA) is 35.2 Å². The van der Waals surface area contributed by atoms with Gasteiger partial charge in [0.2, 0.25) is 0 Å². The molecule has 0 aliphatic carbocycles. The predicted molar refractivity (Wildman–Crippen MR) is 81.6 cm³/mol. The lowest BCUT2D eigenvalue weighted by molar-refractivity contribution is 0.483. The third-order valence-corrected chi connectivity index (χ3v) is 3.00. The van der Waals surface area contributed by atoms with E-state index in [0.29, 0.717) is 5.69 Å². The SMILES string of the molecule is Nc1cccc(Oc2ccc(-c3cc[c]cc3)cc2)c1. The Hall–Kier alpha value is -2.74. The van der Waals surface area contributed by atoms with E-state index in [0.717, 1.165) is 17.1 Å². The highest BCUT2D eigenvalue weighted by Crippen LogP contribution is 2.26. The van der Waals surface area contributed by atoms with Crippen LogP contribution in [0.25, 0.3) is 11.1 Å². The van der Waals surface area contributed by atoms with Crippen molar-refractivity contribution < 1.29 is 4.74 Å². The molecule has 0 aliphatic rings. The van der Waals surface area contributed by atoms with Crippen LogP contribution in [0.2, 0.25) is 0 Å². The van der Waals surface area contributed by atoms with Crippen molar-refractivity contribution in [3.63, 3.8) is 0 Å². The molecule has 2 nitrogen and oxygen atoms in total. The molecule has 0 aromatic heterocycles. The summed E-state index contributed by atoms with van der Waals surface area (Å²) >= 11 is 0. The summed E-state index contributed by atoms with van der Waals surface area (Å²) in [4.78, 5) is 0. The molecule has 3 rings (SSSR count). The minimum atomic E-state index is 0.694. The lowest BCUT2D eigenvalue weighted by Crippen LogP contribution is -1.87. The predicted octanol–water partition coefficient (Wildman–Crippen LogP) is 4.53. The average Bonchev–Trinajstić information content (AvgIpc) is 2.49. The number of hydrogen-bond acceptors (Lipinski definition) is 2. The molecule has 97 valence electrons. The molecule has 0 aliphatic heterocycles. The minimum Gasteiger partial charge on any atom is -0.457 e. The molecular formula is C18H14NO. The van der Waals surface area contributed by atoms with Crippen LogP contribution in [-0.2, 0) is 0 Å². The van der Waals surface area contributed by atoms with Gasteiger partial charge in [-0.25, -0.2) is 0 Å². The molecular weight excluding hydrogens is 246 g/mol. The van der Waals surface area contributed by atoms with E-state index >= 15 is 0 Å². The number of hydrogen-bond donors (Lipinski definition) is 1. The van der Waals surface area contributed by atoms with Gasteiger partial charge in [-0.3, -0.25) is 0 Å². The van der Waals surface area contributed by atoms with Crippen LogP contribution >= 0.6 is 0 Å². The Morgan fingerprint density at radius 2 is 1.45 bits per heavy atom. The minimum absolute atomic E-state index is 0.694. The second-order valence-electron chi connectivity index (χ2n) is 4.49. The summed E-state index contributed by atoms with van der Waals surface area (Å²) in [6.45, 7) is 0. The standard InChI is InChI=1S/C18H14NO/c19-16-7-4-8-18(13-16)20-17-11-9-15(10-12-17)14-5-2-1-3-6-14/h2-13H,19H2. The Morgan fingerprint density at radius 3 is 2.15 bits per heavy atom. The average molecular weight is 260 g/mol. The summed E-state index contributed by atoms with van der Waals surface area (Å²) in [7, 11) is 0. The molecule has 3 aromatic carbocycles. The highest BCUT2D eigenvalue weighted by atomic mass is 16.5. The van der Waals surface area contributed by atoms with Gasteiger partial charge < -0.3 is 10.5 Å². The van der Waals surface area contributed by atoms with E-state index in [1.165, 1.54) is 5.56 Å². The summed E-state index contributed by atoms with van der Waals surface area (Å²) in [6.07, 6.45) is 0. The summed E-state index contributed by atoms with van der Waals surface area (Å²) < 4.78 is 5.76. The van der Waals surface area contributed by atoms with Crippen molar-refractivity contribution in [2.45, 2.75) is 0 Å². The quantitative estimate of drug-likeness (QED) is 0.702. The van der Waals surface area contributed by atoms with Crippen molar-refractivity contribution in [2.24, 2.45) is 0 Å². The lowest BCUT2D eigenvalue weighted by Gasteiger charge is -2.07. The molecule has 2 heteroatoms. The first-order valence-corrected chi connectivity index (χ1v) is 6.41. The van der Waals surface area contributed by atoms with Crippen molar-refractivity contribution in [3.8, 4) is 22.6 Å². The third-order valence-electron chi connectivity index (χ3n) is 3.00. The third kappa shape index (κ3) is 2.81. The number of anilines is 1. The highest BCUT2D eigenvalue weighted by molar-refractivity contribution is 5.64. The number of rotatable bonds is 3. The molecule has 0 amide bonds. The molecule has 0 atom stereocenters. The van der Waals surface area contributed by atoms with Crippen LogP contribution in [-0.4, -0.2) is 0 Å². The Bertz CT molecular complexity index is 690. The zero-order chi connectivity index (χ0) is 13.8. The fourth-order valence-corrected chi connectivity index (χ4v) is 2.01. The Kier molecular flexibility index (Phi) is 3.38. The van der Waals surface area contributed by atoms with Crippen LogP contribution in [0, 0.1) is 6.07 Å². The van der Waals surface area contributed by atoms with Crippen molar-refractivity contribution in [1.82, 2.24) is 0 Å². The van der Waals surface area contributed by atoms with E-state index in [-0.39, 0.29) is 0 Å². The van der Waals surface area contributed by atoms with Crippen molar-refractivity contribution in [1.29, 1.82) is 0 Å². The number of ether oxygens (including phenoxy) is 1. The number of nitrogens with two attached hydrogens (primary N) is 1. The zero-order valence-corrected chi connectivity index (χ0v) is 10.9. The molecule has 0 saturated heterocycles. The highest BCUT2D eigenvalue weighted by Gasteiger charge is 2.00. The Morgan fingerprint density at radius 1 is 0.750 bits per heavy atom. The van der Waals surface area contributed by atoms with Gasteiger partial charge in [-0.15, -0.1) is 0 Å². The van der Waals surface area contributed by atoms with E-state index in [4.69, 9.17) is 10.5 Å². The monoisotopic (exact) mass is 260 g/mol. The fraction of sp³-hybridized carbons (Fsp3) is 0. The second-order valence-corrected chi connectivity index (χ2v) is 4.49. The lowest BCUT2D eigenvalue weighted by atomic mass is 10.1. The Labute approximate surface area is 118 Å². The molecule has 0 bridgehead atoms. The van der Waals surface area contributed by atoms with E-state index < -0.39 is 0 Å². The van der Waals surface area contributed by atoms with Crippen LogP contribution in [0.1, 0.15) is 0 Å². The van der Waals surface area contributed by atoms with Gasteiger partial charge in [0.15, 0.2) is 0 Å². The van der Waals surface area contributed by atoms with Gasteiger partial charge >= 0.3 is 0 Å². The van der Waals surface area contributed by atoms with Gasteiger partial charge in [0.1, 0.15) is 11.5 Å². The van der Waals surface area contributed by atoms with Gasteiger partial charge in [-0.1, -0.05) is 42.5 Å². The second kappa shape index (κ2) is 5.49. The van der Waals surface area contributed by atoms with Gasteiger partial charge in [0.05, 0.1) is 0 Å². The van der Waals surface area contributed by atoms with Crippen molar-refractivity contribution in [3.05, 3.63) is 78.9 Å². The molecule has 2 N–H and O–H groups in total. The number of benzene rings is 3. The molecule has 0 spiro atoms. The van der Waals surface area contributed by atoms with Gasteiger partial charge in [0, 0.05) is 11.8 Å². The maximum atomic E-state index is 5.76. The molecule has 0 fully saturated rings. The first-order chi connectivity index (χ1) is 9.81. The largest absolute Gasteiger partial charge is 0.457 e. The summed E-state index contributed by atoms with van der Waals surface area (Å²) in [5, 5.41) is 0. The molecule has 0 saturated carbocycles.